The van der Waals surface area contributed by atoms with Crippen molar-refractivity contribution in [2.75, 3.05) is 5.32 Å². The van der Waals surface area contributed by atoms with Gasteiger partial charge in [-0.1, -0.05) is 13.0 Å². The Balaban J connectivity index is 1.97. The lowest BCUT2D eigenvalue weighted by molar-refractivity contribution is -0.274. The summed E-state index contributed by atoms with van der Waals surface area (Å²) in [5.41, 5.74) is 0.529. The van der Waals surface area contributed by atoms with E-state index in [1.54, 1.807) is 6.07 Å². The molecule has 1 aromatic carbocycles. The summed E-state index contributed by atoms with van der Waals surface area (Å²) in [6.07, 6.45) is -3.88. The van der Waals surface area contributed by atoms with Crippen LogP contribution in [0.15, 0.2) is 40.8 Å². The van der Waals surface area contributed by atoms with Crippen molar-refractivity contribution >= 4 is 5.69 Å². The van der Waals surface area contributed by atoms with Gasteiger partial charge in [-0.05, 0) is 24.3 Å². The summed E-state index contributed by atoms with van der Waals surface area (Å²) >= 11 is 0. The minimum absolute atomic E-state index is 0.254. The Morgan fingerprint density at radius 1 is 1.15 bits per heavy atom. The van der Waals surface area contributed by atoms with Gasteiger partial charge in [0.25, 0.3) is 0 Å². The molecule has 0 aliphatic heterocycles. The van der Waals surface area contributed by atoms with Gasteiger partial charge < -0.3 is 14.5 Å². The van der Waals surface area contributed by atoms with Crippen molar-refractivity contribution in [1.29, 1.82) is 0 Å². The summed E-state index contributed by atoms with van der Waals surface area (Å²) in [6.45, 7) is 2.38. The van der Waals surface area contributed by atoms with Gasteiger partial charge in [0, 0.05) is 18.2 Å². The molecule has 1 N–H and O–H groups in total. The molecular formula is C14H14F3NO2. The molecule has 6 heteroatoms. The molecule has 0 radical (unpaired) electrons. The van der Waals surface area contributed by atoms with Crippen molar-refractivity contribution in [3.05, 3.63) is 47.9 Å². The molecule has 2 rings (SSSR count). The molecule has 0 amide bonds. The quantitative estimate of drug-likeness (QED) is 0.886. The van der Waals surface area contributed by atoms with Gasteiger partial charge in [-0.2, -0.15) is 0 Å². The Bertz CT molecular complexity index is 564. The van der Waals surface area contributed by atoms with Crippen LogP contribution in [0, 0.1) is 0 Å². The molecule has 0 bridgehead atoms. The number of halogens is 3. The molecule has 0 saturated carbocycles. The van der Waals surface area contributed by atoms with Crippen LogP contribution < -0.4 is 10.1 Å². The third-order valence-corrected chi connectivity index (χ3v) is 2.60. The lowest BCUT2D eigenvalue weighted by Gasteiger charge is -2.10. The lowest BCUT2D eigenvalue weighted by atomic mass is 10.3. The molecule has 1 aromatic heterocycles. The summed E-state index contributed by atoms with van der Waals surface area (Å²) in [6, 6.07) is 9.40. The van der Waals surface area contributed by atoms with Crippen LogP contribution in [0.3, 0.4) is 0 Å². The van der Waals surface area contributed by atoms with Gasteiger partial charge in [0.05, 0.1) is 6.54 Å². The van der Waals surface area contributed by atoms with Crippen LogP contribution in [0.2, 0.25) is 0 Å². The molecule has 0 aliphatic carbocycles. The van der Waals surface area contributed by atoms with E-state index in [-0.39, 0.29) is 5.75 Å². The van der Waals surface area contributed by atoms with E-state index in [4.69, 9.17) is 4.42 Å². The molecule has 2 aromatic rings. The number of hydrogen-bond donors (Lipinski definition) is 1. The highest BCUT2D eigenvalue weighted by Gasteiger charge is 2.31. The second kappa shape index (κ2) is 5.90. The highest BCUT2D eigenvalue weighted by Crippen LogP contribution is 2.25. The highest BCUT2D eigenvalue weighted by molar-refractivity contribution is 5.48. The zero-order chi connectivity index (χ0) is 14.6. The van der Waals surface area contributed by atoms with E-state index in [0.29, 0.717) is 12.2 Å². The molecule has 0 atom stereocenters. The number of aryl methyl sites for hydroxylation is 1. The fourth-order valence-corrected chi connectivity index (χ4v) is 1.70. The molecular weight excluding hydrogens is 271 g/mol. The Morgan fingerprint density at radius 3 is 2.55 bits per heavy atom. The van der Waals surface area contributed by atoms with Gasteiger partial charge in [0.2, 0.25) is 0 Å². The average Bonchev–Trinajstić information content (AvgIpc) is 2.83. The monoisotopic (exact) mass is 285 g/mol. The molecule has 0 spiro atoms. The van der Waals surface area contributed by atoms with Gasteiger partial charge in [-0.3, -0.25) is 0 Å². The van der Waals surface area contributed by atoms with E-state index >= 15 is 0 Å². The fraction of sp³-hybridized carbons (Fsp3) is 0.286. The van der Waals surface area contributed by atoms with Crippen LogP contribution in [0.1, 0.15) is 18.4 Å². The topological polar surface area (TPSA) is 34.4 Å². The molecule has 20 heavy (non-hydrogen) atoms. The van der Waals surface area contributed by atoms with Crippen molar-refractivity contribution in [1.82, 2.24) is 0 Å². The third-order valence-electron chi connectivity index (χ3n) is 2.60. The van der Waals surface area contributed by atoms with Crippen molar-refractivity contribution in [3.8, 4) is 5.75 Å². The number of hydrogen-bond acceptors (Lipinski definition) is 3. The van der Waals surface area contributed by atoms with Crippen LogP contribution in [0.5, 0.6) is 5.75 Å². The Labute approximate surface area is 114 Å². The molecule has 0 unspecified atom stereocenters. The predicted octanol–water partition coefficient (Wildman–Crippen LogP) is 4.35. The second-order valence-electron chi connectivity index (χ2n) is 4.15. The van der Waals surface area contributed by atoms with Gasteiger partial charge >= 0.3 is 6.36 Å². The largest absolute Gasteiger partial charge is 0.573 e. The first-order valence-corrected chi connectivity index (χ1v) is 6.13. The second-order valence-corrected chi connectivity index (χ2v) is 4.15. The predicted molar refractivity (Wildman–Crippen MR) is 68.5 cm³/mol. The fourth-order valence-electron chi connectivity index (χ4n) is 1.70. The Morgan fingerprint density at radius 2 is 1.90 bits per heavy atom. The van der Waals surface area contributed by atoms with Crippen LogP contribution in [-0.4, -0.2) is 6.36 Å². The minimum Gasteiger partial charge on any atom is -0.464 e. The third kappa shape index (κ3) is 4.22. The maximum Gasteiger partial charge on any atom is 0.573 e. The van der Waals surface area contributed by atoms with Crippen molar-refractivity contribution in [3.63, 3.8) is 0 Å². The molecule has 108 valence electrons. The summed E-state index contributed by atoms with van der Waals surface area (Å²) in [4.78, 5) is 0. The van der Waals surface area contributed by atoms with Gasteiger partial charge in [-0.15, -0.1) is 13.2 Å². The van der Waals surface area contributed by atoms with E-state index in [0.717, 1.165) is 17.9 Å². The first kappa shape index (κ1) is 14.3. The number of furan rings is 1. The Hall–Kier alpha value is -2.11. The summed E-state index contributed by atoms with van der Waals surface area (Å²) in [5.74, 6) is 1.34. The molecule has 0 aliphatic rings. The normalized spacial score (nSPS) is 11.4. The number of rotatable bonds is 5. The number of ether oxygens (including phenoxy) is 1. The van der Waals surface area contributed by atoms with Gasteiger partial charge in [0.15, 0.2) is 0 Å². The van der Waals surface area contributed by atoms with E-state index in [1.165, 1.54) is 18.2 Å². The van der Waals surface area contributed by atoms with Crippen LogP contribution in [-0.2, 0) is 13.0 Å². The number of benzene rings is 1. The first-order valence-electron chi connectivity index (χ1n) is 6.13. The van der Waals surface area contributed by atoms with Gasteiger partial charge in [-0.25, -0.2) is 0 Å². The summed E-state index contributed by atoms with van der Waals surface area (Å²) < 4.78 is 45.7. The number of alkyl halides is 3. The maximum atomic E-state index is 12.1. The zero-order valence-corrected chi connectivity index (χ0v) is 10.8. The smallest absolute Gasteiger partial charge is 0.464 e. The lowest BCUT2D eigenvalue weighted by Crippen LogP contribution is -2.17. The number of nitrogens with one attached hydrogen (secondary N) is 1. The van der Waals surface area contributed by atoms with E-state index < -0.39 is 6.36 Å². The van der Waals surface area contributed by atoms with Crippen molar-refractivity contribution < 1.29 is 22.3 Å². The minimum atomic E-state index is -4.68. The zero-order valence-electron chi connectivity index (χ0n) is 10.8. The highest BCUT2D eigenvalue weighted by atomic mass is 19.4. The van der Waals surface area contributed by atoms with E-state index in [1.807, 2.05) is 19.1 Å². The molecule has 3 nitrogen and oxygen atoms in total. The average molecular weight is 285 g/mol. The summed E-state index contributed by atoms with van der Waals surface area (Å²) in [5, 5.41) is 2.98. The van der Waals surface area contributed by atoms with Crippen molar-refractivity contribution in [2.24, 2.45) is 0 Å². The van der Waals surface area contributed by atoms with Crippen molar-refractivity contribution in [2.45, 2.75) is 26.3 Å². The molecule has 0 saturated heterocycles. The molecule has 1 heterocycles. The van der Waals surface area contributed by atoms with E-state index in [2.05, 4.69) is 10.1 Å². The standard InChI is InChI=1S/C14H14F3NO2/c1-2-11-6-7-13(19-11)9-18-10-4-3-5-12(8-10)20-14(15,16)17/h3-8,18H,2,9H2,1H3. The number of anilines is 1. The van der Waals surface area contributed by atoms with Crippen LogP contribution >= 0.6 is 0 Å². The van der Waals surface area contributed by atoms with Gasteiger partial charge in [0.1, 0.15) is 17.3 Å². The van der Waals surface area contributed by atoms with Crippen LogP contribution in [0.4, 0.5) is 18.9 Å². The van der Waals surface area contributed by atoms with E-state index in [9.17, 15) is 13.2 Å². The molecule has 0 fully saturated rings. The SMILES string of the molecule is CCc1ccc(CNc2cccc(OC(F)(F)F)c2)o1. The Kier molecular flexibility index (Phi) is 4.22. The van der Waals surface area contributed by atoms with Crippen LogP contribution in [0.25, 0.3) is 0 Å². The first-order chi connectivity index (χ1) is 9.46. The maximum absolute atomic E-state index is 12.1. The summed E-state index contributed by atoms with van der Waals surface area (Å²) in [7, 11) is 0.